The number of nitrogens with one attached hydrogen (secondary N) is 2. The quantitative estimate of drug-likeness (QED) is 0.314. The Kier molecular flexibility index (Phi) is 6.99. The minimum absolute atomic E-state index is 0.0632. The summed E-state index contributed by atoms with van der Waals surface area (Å²) < 4.78 is 0. The fourth-order valence-electron chi connectivity index (χ4n) is 5.55. The summed E-state index contributed by atoms with van der Waals surface area (Å²) in [5.74, 6) is -0.797. The number of nitrogens with zero attached hydrogens (tertiary/aromatic N) is 5. The number of aryl methyl sites for hydroxylation is 2. The third-order valence-corrected chi connectivity index (χ3v) is 9.68. The van der Waals surface area contributed by atoms with Crippen molar-refractivity contribution < 1.29 is 14.4 Å². The Hall–Kier alpha value is -3.67. The molecule has 198 valence electrons. The Bertz CT molecular complexity index is 1360. The molecule has 4 heterocycles. The van der Waals surface area contributed by atoms with Crippen molar-refractivity contribution in [3.8, 4) is 6.07 Å². The molecule has 3 aromatic rings. The molecule has 0 saturated carbocycles. The van der Waals surface area contributed by atoms with Gasteiger partial charge in [0.1, 0.15) is 6.04 Å². The van der Waals surface area contributed by atoms with Gasteiger partial charge < -0.3 is 21.7 Å². The van der Waals surface area contributed by atoms with Crippen LogP contribution in [0, 0.1) is 11.3 Å². The van der Waals surface area contributed by atoms with E-state index in [2.05, 4.69) is 32.0 Å². The summed E-state index contributed by atoms with van der Waals surface area (Å²) in [6, 6.07) is 5.14. The molecule has 0 radical (unpaired) electrons. The molecule has 6 N–H and O–H groups in total. The van der Waals surface area contributed by atoms with Gasteiger partial charge >= 0.3 is 0 Å². The normalized spacial score (nSPS) is 18.7. The van der Waals surface area contributed by atoms with Gasteiger partial charge in [0.2, 0.25) is 5.91 Å². The van der Waals surface area contributed by atoms with E-state index in [0.717, 1.165) is 27.3 Å². The maximum Gasteiger partial charge on any atom is 0.258 e. The third kappa shape index (κ3) is 4.46. The van der Waals surface area contributed by atoms with Crippen LogP contribution in [0.3, 0.4) is 0 Å². The average molecular weight is 554 g/mol. The van der Waals surface area contributed by atoms with Gasteiger partial charge in [-0.1, -0.05) is 5.21 Å². The molecule has 2 aliphatic rings. The van der Waals surface area contributed by atoms with Gasteiger partial charge in [0.15, 0.2) is 5.82 Å². The van der Waals surface area contributed by atoms with E-state index in [1.807, 2.05) is 6.92 Å². The van der Waals surface area contributed by atoms with Crippen molar-refractivity contribution in [3.05, 3.63) is 48.6 Å². The van der Waals surface area contributed by atoms with Gasteiger partial charge in [-0.05, 0) is 62.3 Å². The molecule has 14 heteroatoms. The van der Waals surface area contributed by atoms with Crippen LogP contribution < -0.4 is 16.8 Å². The highest BCUT2D eigenvalue weighted by Gasteiger charge is 2.47. The van der Waals surface area contributed by atoms with E-state index in [9.17, 15) is 19.6 Å². The van der Waals surface area contributed by atoms with Crippen LogP contribution >= 0.6 is 22.7 Å². The fourth-order valence-corrected chi connectivity index (χ4v) is 7.74. The summed E-state index contributed by atoms with van der Waals surface area (Å²) in [6.07, 6.45) is 3.18. The molecular formula is C24H27N9O3S2. The zero-order valence-electron chi connectivity index (χ0n) is 20.7. The number of aromatic amines is 1. The number of hydrogen-bond donors (Lipinski definition) is 4. The second-order valence-corrected chi connectivity index (χ2v) is 11.9. The summed E-state index contributed by atoms with van der Waals surface area (Å²) in [5.41, 5.74) is 12.0. The lowest BCUT2D eigenvalue weighted by Gasteiger charge is -2.34. The van der Waals surface area contributed by atoms with E-state index in [1.54, 1.807) is 17.0 Å². The summed E-state index contributed by atoms with van der Waals surface area (Å²) in [4.78, 5) is 41.6. The van der Waals surface area contributed by atoms with Gasteiger partial charge in [0.25, 0.3) is 11.8 Å². The van der Waals surface area contributed by atoms with Gasteiger partial charge in [-0.15, -0.1) is 32.9 Å². The number of carbonyl (C=O) groups excluding carboxylic acids is 3. The Morgan fingerprint density at radius 2 is 1.84 bits per heavy atom. The first-order chi connectivity index (χ1) is 18.2. The second kappa shape index (κ2) is 10.2. The maximum absolute atomic E-state index is 12.9. The molecule has 12 nitrogen and oxygen atoms in total. The third-order valence-electron chi connectivity index (χ3n) is 7.27. The standard InChI is InChI=1S/C24H27N9O3S2/c1-12(28-11-20(34)33-6-2-3-13(33)10-25)9-24(23-29-31-32-30-23)14-7-18(21(26)35)37-16(14)4-5-17-15(24)8-19(38-17)22(27)36/h7-8,12-13,28H,2-6,9,11H2,1H3,(H2,26,35)(H2,27,36)(H,29,30,31,32)/t12-,13?/m1/s1. The van der Waals surface area contributed by atoms with Crippen molar-refractivity contribution >= 4 is 40.4 Å². The van der Waals surface area contributed by atoms with Crippen LogP contribution in [-0.2, 0) is 23.1 Å². The lowest BCUT2D eigenvalue weighted by atomic mass is 9.70. The molecule has 3 aromatic heterocycles. The minimum atomic E-state index is -0.985. The second-order valence-electron chi connectivity index (χ2n) is 9.62. The van der Waals surface area contributed by atoms with Crippen LogP contribution in [0.5, 0.6) is 0 Å². The van der Waals surface area contributed by atoms with E-state index in [0.29, 0.717) is 47.8 Å². The topological polar surface area (TPSA) is 197 Å². The zero-order chi connectivity index (χ0) is 27.0. The summed E-state index contributed by atoms with van der Waals surface area (Å²) in [7, 11) is 0. The number of aromatic nitrogens is 4. The number of likely N-dealkylation sites (tertiary alicyclic amines) is 1. The number of carbonyl (C=O) groups is 3. The van der Waals surface area contributed by atoms with Gasteiger partial charge in [-0.2, -0.15) is 10.5 Å². The van der Waals surface area contributed by atoms with Crippen LogP contribution in [0.25, 0.3) is 0 Å². The van der Waals surface area contributed by atoms with Crippen LogP contribution in [0.4, 0.5) is 0 Å². The van der Waals surface area contributed by atoms with Gasteiger partial charge in [-0.25, -0.2) is 0 Å². The highest BCUT2D eigenvalue weighted by molar-refractivity contribution is 7.15. The molecule has 1 saturated heterocycles. The van der Waals surface area contributed by atoms with Crippen molar-refractivity contribution in [1.82, 2.24) is 30.8 Å². The molecule has 1 fully saturated rings. The maximum atomic E-state index is 12.9. The minimum Gasteiger partial charge on any atom is -0.365 e. The van der Waals surface area contributed by atoms with Gasteiger partial charge in [0, 0.05) is 22.3 Å². The van der Waals surface area contributed by atoms with E-state index in [-0.39, 0.29) is 18.5 Å². The van der Waals surface area contributed by atoms with Gasteiger partial charge in [-0.3, -0.25) is 14.4 Å². The van der Waals surface area contributed by atoms with E-state index >= 15 is 0 Å². The van der Waals surface area contributed by atoms with Gasteiger partial charge in [0.05, 0.1) is 27.8 Å². The molecule has 3 amide bonds. The first-order valence-electron chi connectivity index (χ1n) is 12.3. The number of hydrogen-bond acceptors (Lipinski definition) is 10. The van der Waals surface area contributed by atoms with Crippen LogP contribution in [0.15, 0.2) is 12.1 Å². The van der Waals surface area contributed by atoms with E-state index < -0.39 is 23.3 Å². The van der Waals surface area contributed by atoms with Crippen molar-refractivity contribution in [2.45, 2.75) is 56.5 Å². The monoisotopic (exact) mass is 553 g/mol. The highest BCUT2D eigenvalue weighted by atomic mass is 32.1. The number of nitrogens with two attached hydrogens (primary N) is 2. The number of thiophene rings is 2. The Morgan fingerprint density at radius 1 is 1.21 bits per heavy atom. The number of amides is 3. The van der Waals surface area contributed by atoms with Crippen LogP contribution in [0.2, 0.25) is 0 Å². The number of primary amides is 2. The largest absolute Gasteiger partial charge is 0.365 e. The molecule has 0 aromatic carbocycles. The number of rotatable bonds is 8. The number of H-pyrrole nitrogens is 1. The lowest BCUT2D eigenvalue weighted by Crippen LogP contribution is -2.45. The average Bonchev–Trinajstić information content (AvgIpc) is 3.70. The first-order valence-corrected chi connectivity index (χ1v) is 13.9. The van der Waals surface area contributed by atoms with Crippen LogP contribution in [0.1, 0.15) is 72.2 Å². The molecule has 0 bridgehead atoms. The summed E-state index contributed by atoms with van der Waals surface area (Å²) in [6.45, 7) is 2.59. The van der Waals surface area contributed by atoms with Crippen LogP contribution in [-0.4, -0.2) is 68.4 Å². The van der Waals surface area contributed by atoms with Crippen molar-refractivity contribution in [2.75, 3.05) is 13.1 Å². The van der Waals surface area contributed by atoms with E-state index in [4.69, 9.17) is 11.5 Å². The van der Waals surface area contributed by atoms with Crippen molar-refractivity contribution in [3.63, 3.8) is 0 Å². The summed E-state index contributed by atoms with van der Waals surface area (Å²) in [5, 5.41) is 27.8. The van der Waals surface area contributed by atoms with Crippen molar-refractivity contribution in [1.29, 1.82) is 5.26 Å². The lowest BCUT2D eigenvalue weighted by molar-refractivity contribution is -0.130. The fraction of sp³-hybridized carbons (Fsp3) is 0.458. The molecule has 2 atom stereocenters. The summed E-state index contributed by atoms with van der Waals surface area (Å²) >= 11 is 2.69. The predicted molar refractivity (Wildman–Crippen MR) is 140 cm³/mol. The van der Waals surface area contributed by atoms with Crippen molar-refractivity contribution in [2.24, 2.45) is 11.5 Å². The molecule has 1 unspecified atom stereocenters. The van der Waals surface area contributed by atoms with E-state index in [1.165, 1.54) is 22.7 Å². The molecule has 5 rings (SSSR count). The Balaban J connectivity index is 1.56. The molecule has 1 aliphatic carbocycles. The number of tetrazole rings is 1. The first kappa shape index (κ1) is 26.0. The highest BCUT2D eigenvalue weighted by Crippen LogP contribution is 2.50. The molecule has 38 heavy (non-hydrogen) atoms. The molecule has 1 aliphatic heterocycles. The zero-order valence-corrected chi connectivity index (χ0v) is 22.3. The Morgan fingerprint density at radius 3 is 2.37 bits per heavy atom. The SMILES string of the molecule is C[C@H](CC1(c2nn[nH]n2)c2cc(C(N)=O)sc2CCc2sc(C(N)=O)cc21)NCC(=O)N1CCCC1C#N. The molecule has 0 spiro atoms. The Labute approximate surface area is 226 Å². The number of nitriles is 1. The number of fused-ring (bicyclic) bond motifs is 2. The smallest absolute Gasteiger partial charge is 0.258 e. The predicted octanol–water partition coefficient (Wildman–Crippen LogP) is 0.836. The molecular weight excluding hydrogens is 526 g/mol.